The average Bonchev–Trinajstić information content (AvgIpc) is 2.74. The van der Waals surface area contributed by atoms with Crippen LogP contribution in [0.15, 0.2) is 54.6 Å². The normalized spacial score (nSPS) is 13.2. The number of hydrogen-bond acceptors (Lipinski definition) is 1. The standard InChI is InChI=1S/C29H28F6O/c1-16(2)6-27(19(5)36)24-12-22(20-7-17(3)9-25(14-20)28(30,31)32)11-23(13-24)21-8-18(4)10-26(15-21)29(33,34)35/h7-16,27H,6H2,1-5H3. The number of Topliss-reactive ketones (excluding diaryl/α,β-unsaturated/α-hetero) is 1. The number of ketones is 1. The van der Waals surface area contributed by atoms with E-state index in [1.54, 1.807) is 44.2 Å². The second-order valence-corrected chi connectivity index (χ2v) is 9.81. The van der Waals surface area contributed by atoms with Gasteiger partial charge in [0.1, 0.15) is 5.78 Å². The van der Waals surface area contributed by atoms with E-state index >= 15 is 0 Å². The minimum absolute atomic E-state index is 0.118. The molecule has 1 atom stereocenters. The summed E-state index contributed by atoms with van der Waals surface area (Å²) in [5.41, 5.74) is 1.09. The topological polar surface area (TPSA) is 17.1 Å². The number of alkyl halides is 6. The van der Waals surface area contributed by atoms with Crippen LogP contribution in [0.4, 0.5) is 26.3 Å². The number of carbonyl (C=O) groups excluding carboxylic acids is 1. The van der Waals surface area contributed by atoms with Gasteiger partial charge in [0.25, 0.3) is 0 Å². The third-order valence-corrected chi connectivity index (χ3v) is 6.03. The highest BCUT2D eigenvalue weighted by Gasteiger charge is 2.32. The van der Waals surface area contributed by atoms with Crippen molar-refractivity contribution in [1.29, 1.82) is 0 Å². The first kappa shape index (κ1) is 27.5. The molecule has 0 aliphatic heterocycles. The molecule has 3 rings (SSSR count). The minimum atomic E-state index is -4.56. The number of halogens is 6. The molecule has 0 aromatic heterocycles. The van der Waals surface area contributed by atoms with Gasteiger partial charge in [-0.15, -0.1) is 0 Å². The maximum Gasteiger partial charge on any atom is 0.416 e. The first-order chi connectivity index (χ1) is 16.5. The Hall–Kier alpha value is -3.09. The monoisotopic (exact) mass is 506 g/mol. The summed E-state index contributed by atoms with van der Waals surface area (Å²) >= 11 is 0. The van der Waals surface area contributed by atoms with Crippen molar-refractivity contribution in [1.82, 2.24) is 0 Å². The van der Waals surface area contributed by atoms with E-state index < -0.39 is 29.4 Å². The average molecular weight is 507 g/mol. The predicted molar refractivity (Wildman–Crippen MR) is 130 cm³/mol. The molecule has 0 heterocycles. The second-order valence-electron chi connectivity index (χ2n) is 9.81. The van der Waals surface area contributed by atoms with Gasteiger partial charge in [0.05, 0.1) is 11.1 Å². The Morgan fingerprint density at radius 1 is 0.667 bits per heavy atom. The summed E-state index contributed by atoms with van der Waals surface area (Å²) in [5.74, 6) is -0.507. The molecular weight excluding hydrogens is 478 g/mol. The fourth-order valence-corrected chi connectivity index (χ4v) is 4.42. The van der Waals surface area contributed by atoms with Crippen LogP contribution in [0.2, 0.25) is 0 Å². The van der Waals surface area contributed by atoms with Crippen molar-refractivity contribution in [2.75, 3.05) is 0 Å². The van der Waals surface area contributed by atoms with Gasteiger partial charge in [-0.3, -0.25) is 4.79 Å². The van der Waals surface area contributed by atoms with Crippen LogP contribution in [0.1, 0.15) is 60.9 Å². The number of hydrogen-bond donors (Lipinski definition) is 0. The van der Waals surface area contributed by atoms with Gasteiger partial charge >= 0.3 is 12.4 Å². The Bertz CT molecular complexity index is 1190. The molecule has 0 radical (unpaired) electrons. The summed E-state index contributed by atoms with van der Waals surface area (Å²) in [4.78, 5) is 12.6. The highest BCUT2D eigenvalue weighted by Crippen LogP contribution is 2.39. The van der Waals surface area contributed by atoms with Crippen molar-refractivity contribution in [3.63, 3.8) is 0 Å². The zero-order valence-corrected chi connectivity index (χ0v) is 20.7. The van der Waals surface area contributed by atoms with Crippen LogP contribution in [0, 0.1) is 19.8 Å². The Morgan fingerprint density at radius 2 is 1.06 bits per heavy atom. The van der Waals surface area contributed by atoms with Gasteiger partial charge in [-0.2, -0.15) is 26.3 Å². The zero-order chi connectivity index (χ0) is 27.0. The van der Waals surface area contributed by atoms with E-state index in [1.807, 2.05) is 13.8 Å². The van der Waals surface area contributed by atoms with E-state index in [0.717, 1.165) is 24.3 Å². The van der Waals surface area contributed by atoms with E-state index in [2.05, 4.69) is 0 Å². The quantitative estimate of drug-likeness (QED) is 0.304. The maximum atomic E-state index is 13.5. The second kappa shape index (κ2) is 10.1. The van der Waals surface area contributed by atoms with E-state index in [0.29, 0.717) is 34.2 Å². The summed E-state index contributed by atoms with van der Waals surface area (Å²) in [6.45, 7) is 8.45. The van der Waals surface area contributed by atoms with Crippen LogP contribution in [0.3, 0.4) is 0 Å². The van der Waals surface area contributed by atoms with Crippen molar-refractivity contribution in [3.8, 4) is 22.3 Å². The fourth-order valence-electron chi connectivity index (χ4n) is 4.42. The molecule has 3 aromatic carbocycles. The molecule has 0 saturated heterocycles. The first-order valence-corrected chi connectivity index (χ1v) is 11.6. The van der Waals surface area contributed by atoms with Gasteiger partial charge in [-0.25, -0.2) is 0 Å². The number of rotatable bonds is 6. The maximum absolute atomic E-state index is 13.5. The Labute approximate surface area is 207 Å². The molecule has 1 unspecified atom stereocenters. The summed E-state index contributed by atoms with van der Waals surface area (Å²) in [5, 5.41) is 0. The summed E-state index contributed by atoms with van der Waals surface area (Å²) < 4.78 is 81.1. The van der Waals surface area contributed by atoms with Gasteiger partial charge in [0, 0.05) is 5.92 Å². The van der Waals surface area contributed by atoms with Gasteiger partial charge < -0.3 is 0 Å². The molecule has 0 aliphatic rings. The predicted octanol–water partition coefficient (Wildman–Crippen LogP) is 9.39. The van der Waals surface area contributed by atoms with Gasteiger partial charge in [0.15, 0.2) is 0 Å². The molecule has 1 nitrogen and oxygen atoms in total. The summed E-state index contributed by atoms with van der Waals surface area (Å²) in [7, 11) is 0. The number of benzene rings is 3. The lowest BCUT2D eigenvalue weighted by atomic mass is 9.84. The van der Waals surface area contributed by atoms with Gasteiger partial charge in [-0.05, 0) is 102 Å². The molecule has 3 aromatic rings. The van der Waals surface area contributed by atoms with Gasteiger partial charge in [0.2, 0.25) is 0 Å². The third kappa shape index (κ3) is 6.56. The molecule has 0 aliphatic carbocycles. The lowest BCUT2D eigenvalue weighted by Crippen LogP contribution is -2.12. The molecule has 0 saturated carbocycles. The Balaban J connectivity index is 2.32. The van der Waals surface area contributed by atoms with Crippen molar-refractivity contribution >= 4 is 5.78 Å². The van der Waals surface area contributed by atoms with Crippen LogP contribution in [0.5, 0.6) is 0 Å². The fraction of sp³-hybridized carbons (Fsp3) is 0.345. The lowest BCUT2D eigenvalue weighted by molar-refractivity contribution is -0.138. The van der Waals surface area contributed by atoms with Crippen molar-refractivity contribution in [2.24, 2.45) is 5.92 Å². The van der Waals surface area contributed by atoms with Crippen LogP contribution in [-0.2, 0) is 17.1 Å². The summed E-state index contributed by atoms with van der Waals surface area (Å²) in [6, 6.07) is 12.3. The lowest BCUT2D eigenvalue weighted by Gasteiger charge is -2.20. The van der Waals surface area contributed by atoms with E-state index in [4.69, 9.17) is 0 Å². The first-order valence-electron chi connectivity index (χ1n) is 11.6. The zero-order valence-electron chi connectivity index (χ0n) is 20.7. The highest BCUT2D eigenvalue weighted by atomic mass is 19.4. The molecule has 0 amide bonds. The van der Waals surface area contributed by atoms with Crippen LogP contribution >= 0.6 is 0 Å². The van der Waals surface area contributed by atoms with E-state index in [9.17, 15) is 31.1 Å². The smallest absolute Gasteiger partial charge is 0.299 e. The third-order valence-electron chi connectivity index (χ3n) is 6.03. The number of aryl methyl sites for hydroxylation is 2. The van der Waals surface area contributed by atoms with E-state index in [1.165, 1.54) is 6.92 Å². The van der Waals surface area contributed by atoms with Gasteiger partial charge in [-0.1, -0.05) is 38.1 Å². The molecule has 0 fully saturated rings. The molecule has 192 valence electrons. The van der Waals surface area contributed by atoms with E-state index in [-0.39, 0.29) is 22.8 Å². The Kier molecular flexibility index (Phi) is 7.72. The van der Waals surface area contributed by atoms with Crippen LogP contribution < -0.4 is 0 Å². The number of carbonyl (C=O) groups is 1. The van der Waals surface area contributed by atoms with Crippen LogP contribution in [0.25, 0.3) is 22.3 Å². The molecule has 0 N–H and O–H groups in total. The minimum Gasteiger partial charge on any atom is -0.299 e. The van der Waals surface area contributed by atoms with Crippen molar-refractivity contribution < 1.29 is 31.1 Å². The van der Waals surface area contributed by atoms with Crippen molar-refractivity contribution in [2.45, 2.75) is 59.3 Å². The molecule has 0 spiro atoms. The van der Waals surface area contributed by atoms with Crippen molar-refractivity contribution in [3.05, 3.63) is 82.4 Å². The largest absolute Gasteiger partial charge is 0.416 e. The highest BCUT2D eigenvalue weighted by molar-refractivity contribution is 5.85. The van der Waals surface area contributed by atoms with Crippen LogP contribution in [-0.4, -0.2) is 5.78 Å². The molecule has 7 heteroatoms. The molecular formula is C29H28F6O. The summed E-state index contributed by atoms with van der Waals surface area (Å²) in [6.07, 6.45) is -8.61. The SMILES string of the molecule is CC(=O)C(CC(C)C)c1cc(-c2cc(C)cc(C(F)(F)F)c2)cc(-c2cc(C)cc(C(F)(F)F)c2)c1. The Morgan fingerprint density at radius 3 is 1.39 bits per heavy atom. The molecule has 0 bridgehead atoms. The molecule has 36 heavy (non-hydrogen) atoms.